The van der Waals surface area contributed by atoms with E-state index in [0.717, 1.165) is 42.0 Å². The van der Waals surface area contributed by atoms with Gasteiger partial charge < -0.3 is 20.1 Å². The summed E-state index contributed by atoms with van der Waals surface area (Å²) in [5.74, 6) is 0.782. The van der Waals surface area contributed by atoms with E-state index >= 15 is 0 Å². The number of ether oxygens (including phenoxy) is 2. The van der Waals surface area contributed by atoms with Gasteiger partial charge in [0.05, 0.1) is 31.8 Å². The topological polar surface area (TPSA) is 91.0 Å². The molecule has 3 aromatic heterocycles. The van der Waals surface area contributed by atoms with E-state index < -0.39 is 5.82 Å². The zero-order valence-corrected chi connectivity index (χ0v) is 19.2. The monoisotopic (exact) mass is 455 g/mol. The lowest BCUT2D eigenvalue weighted by Gasteiger charge is -2.32. The molecule has 2 aliphatic heterocycles. The van der Waals surface area contributed by atoms with Gasteiger partial charge in [-0.25, -0.2) is 14.1 Å². The summed E-state index contributed by atoms with van der Waals surface area (Å²) >= 11 is 0. The number of anilines is 1. The first kappa shape index (κ1) is 21.8. The fourth-order valence-electron chi connectivity index (χ4n) is 5.05. The molecule has 5 rings (SSSR count). The van der Waals surface area contributed by atoms with E-state index in [2.05, 4.69) is 40.8 Å². The van der Waals surface area contributed by atoms with Crippen molar-refractivity contribution in [3.8, 4) is 22.8 Å². The minimum absolute atomic E-state index is 0.0451. The summed E-state index contributed by atoms with van der Waals surface area (Å²) in [5, 5.41) is 16.3. The van der Waals surface area contributed by atoms with Crippen LogP contribution in [0, 0.1) is 11.7 Å². The first-order valence-electron chi connectivity index (χ1n) is 11.4. The summed E-state index contributed by atoms with van der Waals surface area (Å²) in [7, 11) is 1.39. The summed E-state index contributed by atoms with van der Waals surface area (Å²) in [4.78, 5) is 4.07. The molecule has 0 aromatic carbocycles. The number of hydrogen-bond donors (Lipinski definition) is 2. The summed E-state index contributed by atoms with van der Waals surface area (Å²) in [6, 6.07) is 2.41. The van der Waals surface area contributed by atoms with Gasteiger partial charge in [-0.15, -0.1) is 0 Å². The number of nitrogens with zero attached hydrogens (tertiary/aromatic N) is 5. The summed E-state index contributed by atoms with van der Waals surface area (Å²) < 4.78 is 28.6. The highest BCUT2D eigenvalue weighted by atomic mass is 19.1. The second-order valence-electron chi connectivity index (χ2n) is 9.01. The van der Waals surface area contributed by atoms with Crippen molar-refractivity contribution in [1.82, 2.24) is 29.9 Å². The largest absolute Gasteiger partial charge is 0.479 e. The Hall–Kier alpha value is -2.98. The highest BCUT2D eigenvalue weighted by molar-refractivity contribution is 5.70. The molecule has 0 bridgehead atoms. The van der Waals surface area contributed by atoms with Crippen LogP contribution in [0.15, 0.2) is 24.7 Å². The third-order valence-corrected chi connectivity index (χ3v) is 6.35. The zero-order chi connectivity index (χ0) is 22.9. The average molecular weight is 456 g/mol. The molecule has 5 heterocycles. The molecule has 3 atom stereocenters. The Labute approximate surface area is 192 Å². The van der Waals surface area contributed by atoms with Crippen LogP contribution in [-0.4, -0.2) is 57.1 Å². The Morgan fingerprint density at radius 3 is 2.82 bits per heavy atom. The van der Waals surface area contributed by atoms with Gasteiger partial charge in [0, 0.05) is 48.4 Å². The zero-order valence-electron chi connectivity index (χ0n) is 19.2. The molecule has 10 heteroatoms. The lowest BCUT2D eigenvalue weighted by Crippen LogP contribution is -2.43. The highest BCUT2D eigenvalue weighted by Gasteiger charge is 2.26. The second kappa shape index (κ2) is 9.11. The Morgan fingerprint density at radius 2 is 2.06 bits per heavy atom. The van der Waals surface area contributed by atoms with Crippen LogP contribution in [0.25, 0.3) is 16.9 Å². The van der Waals surface area contributed by atoms with E-state index in [1.54, 1.807) is 10.9 Å². The highest BCUT2D eigenvalue weighted by Crippen LogP contribution is 2.33. The van der Waals surface area contributed by atoms with Crippen LogP contribution in [0.1, 0.15) is 32.3 Å². The van der Waals surface area contributed by atoms with Gasteiger partial charge in [-0.2, -0.15) is 10.2 Å². The number of halogens is 1. The second-order valence-corrected chi connectivity index (χ2v) is 9.01. The number of aromatic nitrogens is 5. The molecule has 3 aromatic rings. The molecule has 1 fully saturated rings. The molecule has 0 amide bonds. The minimum atomic E-state index is -0.538. The lowest BCUT2D eigenvalue weighted by atomic mass is 9.89. The van der Waals surface area contributed by atoms with Crippen LogP contribution < -0.4 is 15.4 Å². The Morgan fingerprint density at radius 1 is 1.24 bits per heavy atom. The number of pyridine rings is 1. The maximum Gasteiger partial charge on any atom is 0.250 e. The Bertz CT molecular complexity index is 1120. The summed E-state index contributed by atoms with van der Waals surface area (Å²) in [6.45, 7) is 6.30. The van der Waals surface area contributed by atoms with Crippen LogP contribution >= 0.6 is 0 Å². The van der Waals surface area contributed by atoms with Crippen molar-refractivity contribution in [1.29, 1.82) is 0 Å². The van der Waals surface area contributed by atoms with Gasteiger partial charge in [-0.05, 0) is 32.6 Å². The SMILES string of the molecule is COc1ncc(-n2nc(-c3cnn(CC4C[C@@H](C)N[C@@H](C)C4)c3)c3c2NCOCC3)cc1F. The molecule has 2 N–H and O–H groups in total. The van der Waals surface area contributed by atoms with Crippen LogP contribution in [0.5, 0.6) is 5.88 Å². The van der Waals surface area contributed by atoms with Crippen LogP contribution in [0.4, 0.5) is 10.2 Å². The number of piperidine rings is 1. The first-order chi connectivity index (χ1) is 16.0. The normalized spacial score (nSPS) is 23.0. The maximum atomic E-state index is 14.4. The first-order valence-corrected chi connectivity index (χ1v) is 11.4. The van der Waals surface area contributed by atoms with Crippen molar-refractivity contribution in [3.05, 3.63) is 36.0 Å². The third kappa shape index (κ3) is 4.45. The van der Waals surface area contributed by atoms with Gasteiger partial charge in [-0.1, -0.05) is 0 Å². The van der Waals surface area contributed by atoms with Crippen molar-refractivity contribution >= 4 is 5.82 Å². The van der Waals surface area contributed by atoms with Crippen molar-refractivity contribution in [3.63, 3.8) is 0 Å². The van der Waals surface area contributed by atoms with Crippen LogP contribution in [-0.2, 0) is 17.7 Å². The molecule has 0 spiro atoms. The quantitative estimate of drug-likeness (QED) is 0.611. The molecule has 0 radical (unpaired) electrons. The standard InChI is InChI=1S/C23H30FN7O2/c1-14-6-16(7-15(2)28-14)11-30-12-17(9-27-30)21-19-4-5-33-13-26-22(19)31(29-21)18-8-20(24)23(32-3)25-10-18/h8-10,12,14-16,26,28H,4-7,11,13H2,1-3H3/t14-,15+,16?. The molecule has 33 heavy (non-hydrogen) atoms. The molecule has 0 aliphatic carbocycles. The minimum Gasteiger partial charge on any atom is -0.479 e. The molecule has 1 saturated heterocycles. The third-order valence-electron chi connectivity index (χ3n) is 6.35. The van der Waals surface area contributed by atoms with Gasteiger partial charge in [0.1, 0.15) is 18.2 Å². The predicted molar refractivity (Wildman–Crippen MR) is 122 cm³/mol. The van der Waals surface area contributed by atoms with Gasteiger partial charge in [0.15, 0.2) is 5.82 Å². The number of methoxy groups -OCH3 is 1. The summed E-state index contributed by atoms with van der Waals surface area (Å²) in [5.41, 5.74) is 3.28. The fraction of sp³-hybridized carbons (Fsp3) is 0.522. The number of rotatable bonds is 5. The average Bonchev–Trinajstić information content (AvgIpc) is 3.29. The predicted octanol–water partition coefficient (Wildman–Crippen LogP) is 3.00. The summed E-state index contributed by atoms with van der Waals surface area (Å²) in [6.07, 6.45) is 8.44. The van der Waals surface area contributed by atoms with Gasteiger partial charge in [0.25, 0.3) is 0 Å². The van der Waals surface area contributed by atoms with Crippen molar-refractivity contribution in [2.75, 3.05) is 25.8 Å². The van der Waals surface area contributed by atoms with E-state index in [0.29, 0.717) is 43.4 Å². The van der Waals surface area contributed by atoms with E-state index in [4.69, 9.17) is 14.6 Å². The molecule has 9 nitrogen and oxygen atoms in total. The van der Waals surface area contributed by atoms with E-state index in [1.165, 1.54) is 13.2 Å². The molecule has 1 unspecified atom stereocenters. The molecule has 0 saturated carbocycles. The van der Waals surface area contributed by atoms with Crippen LogP contribution in [0.3, 0.4) is 0 Å². The van der Waals surface area contributed by atoms with Gasteiger partial charge in [0.2, 0.25) is 5.88 Å². The van der Waals surface area contributed by atoms with E-state index in [1.807, 2.05) is 10.9 Å². The van der Waals surface area contributed by atoms with Crippen molar-refractivity contribution in [2.45, 2.75) is 51.7 Å². The van der Waals surface area contributed by atoms with Gasteiger partial charge in [-0.3, -0.25) is 4.68 Å². The molecule has 2 aliphatic rings. The molecular weight excluding hydrogens is 425 g/mol. The van der Waals surface area contributed by atoms with E-state index in [-0.39, 0.29) is 5.88 Å². The van der Waals surface area contributed by atoms with Crippen LogP contribution in [0.2, 0.25) is 0 Å². The number of nitrogens with one attached hydrogen (secondary N) is 2. The van der Waals surface area contributed by atoms with Crippen molar-refractivity contribution < 1.29 is 13.9 Å². The smallest absolute Gasteiger partial charge is 0.250 e. The molecular formula is C23H30FN7O2. The number of fused-ring (bicyclic) bond motifs is 1. The Balaban J connectivity index is 1.47. The maximum absolute atomic E-state index is 14.4. The lowest BCUT2D eigenvalue weighted by molar-refractivity contribution is 0.159. The fourth-order valence-corrected chi connectivity index (χ4v) is 5.05. The van der Waals surface area contributed by atoms with E-state index in [9.17, 15) is 4.39 Å². The van der Waals surface area contributed by atoms with Gasteiger partial charge >= 0.3 is 0 Å². The van der Waals surface area contributed by atoms with Crippen molar-refractivity contribution in [2.24, 2.45) is 5.92 Å². The number of hydrogen-bond acceptors (Lipinski definition) is 7. The Kier molecular flexibility index (Phi) is 6.03. The molecule has 176 valence electrons.